The summed E-state index contributed by atoms with van der Waals surface area (Å²) in [4.78, 5) is 1.58. The van der Waals surface area contributed by atoms with E-state index < -0.39 is 0 Å². The van der Waals surface area contributed by atoms with Crippen LogP contribution in [0.15, 0.2) is 0 Å². The van der Waals surface area contributed by atoms with E-state index in [9.17, 15) is 0 Å². The van der Waals surface area contributed by atoms with Crippen LogP contribution in [0, 0.1) is 0 Å². The molecule has 0 bridgehead atoms. The van der Waals surface area contributed by atoms with Crippen molar-refractivity contribution in [1.29, 1.82) is 0 Å². The van der Waals surface area contributed by atoms with Gasteiger partial charge in [-0.3, -0.25) is 0 Å². The molecular weight excluding hydrogens is 220 g/mol. The predicted octanol–water partition coefficient (Wildman–Crippen LogP) is 2.70. The van der Waals surface area contributed by atoms with Crippen molar-refractivity contribution in [2.45, 2.75) is 28.9 Å². The van der Waals surface area contributed by atoms with Crippen LogP contribution in [0.1, 0.15) is 19.3 Å². The van der Waals surface area contributed by atoms with Crippen LogP contribution in [0.5, 0.6) is 0 Å². The summed E-state index contributed by atoms with van der Waals surface area (Å²) in [5.74, 6) is 0. The second kappa shape index (κ2) is 2.49. The fraction of sp³-hybridized carbons (Fsp3) is 1.00. The highest BCUT2D eigenvalue weighted by Crippen LogP contribution is 2.29. The van der Waals surface area contributed by atoms with Gasteiger partial charge < -0.3 is 0 Å². The number of rotatable bonds is 0. The monoisotopic (exact) mass is 226 g/mol. The van der Waals surface area contributed by atoms with Gasteiger partial charge in [0.1, 0.15) is 0 Å². The SMILES string of the molecule is Br[C@@H]1CC[C@H](Br)C1. The van der Waals surface area contributed by atoms with Gasteiger partial charge in [-0.15, -0.1) is 0 Å². The molecule has 0 aromatic heterocycles. The fourth-order valence-electron chi connectivity index (χ4n) is 0.875. The zero-order valence-corrected chi connectivity index (χ0v) is 7.20. The van der Waals surface area contributed by atoms with Crippen LogP contribution in [0.25, 0.3) is 0 Å². The molecule has 0 aromatic rings. The Balaban J connectivity index is 2.26. The average Bonchev–Trinajstić information content (AvgIpc) is 1.87. The van der Waals surface area contributed by atoms with Crippen molar-refractivity contribution in [2.24, 2.45) is 0 Å². The molecule has 1 aliphatic carbocycles. The van der Waals surface area contributed by atoms with Gasteiger partial charge in [0.2, 0.25) is 0 Å². The molecule has 0 nitrogen and oxygen atoms in total. The second-order valence-electron chi connectivity index (χ2n) is 2.01. The number of hydrogen-bond acceptors (Lipinski definition) is 0. The van der Waals surface area contributed by atoms with Gasteiger partial charge in [0.25, 0.3) is 0 Å². The first-order chi connectivity index (χ1) is 3.29. The third-order valence-electron chi connectivity index (χ3n) is 1.30. The summed E-state index contributed by atoms with van der Waals surface area (Å²) in [5.41, 5.74) is 0. The second-order valence-corrected chi connectivity index (χ2v) is 4.60. The highest BCUT2D eigenvalue weighted by molar-refractivity contribution is 9.10. The van der Waals surface area contributed by atoms with Crippen molar-refractivity contribution in [3.8, 4) is 0 Å². The van der Waals surface area contributed by atoms with Crippen molar-refractivity contribution in [1.82, 2.24) is 0 Å². The quantitative estimate of drug-likeness (QED) is 0.559. The van der Waals surface area contributed by atoms with Crippen molar-refractivity contribution in [3.05, 3.63) is 0 Å². The molecule has 1 aliphatic rings. The average molecular weight is 228 g/mol. The van der Waals surface area contributed by atoms with Crippen LogP contribution in [-0.4, -0.2) is 9.65 Å². The molecule has 0 aromatic carbocycles. The standard InChI is InChI=1S/C5H8Br2/c6-4-1-2-5(7)3-4/h4-5H,1-3H2/t4-,5+. The maximum atomic E-state index is 3.55. The maximum Gasteiger partial charge on any atom is 0.0156 e. The summed E-state index contributed by atoms with van der Waals surface area (Å²) in [6, 6.07) is 0. The molecule has 0 N–H and O–H groups in total. The van der Waals surface area contributed by atoms with Crippen molar-refractivity contribution in [3.63, 3.8) is 0 Å². The molecule has 2 heteroatoms. The van der Waals surface area contributed by atoms with Gasteiger partial charge in [0.05, 0.1) is 0 Å². The highest BCUT2D eigenvalue weighted by Gasteiger charge is 2.18. The molecule has 1 fully saturated rings. The summed E-state index contributed by atoms with van der Waals surface area (Å²) in [6.07, 6.45) is 3.99. The van der Waals surface area contributed by atoms with Gasteiger partial charge in [0, 0.05) is 9.65 Å². The topological polar surface area (TPSA) is 0 Å². The first kappa shape index (κ1) is 6.09. The minimum Gasteiger partial charge on any atom is -0.0890 e. The lowest BCUT2D eigenvalue weighted by molar-refractivity contribution is 0.913. The zero-order valence-electron chi connectivity index (χ0n) is 4.03. The Kier molecular flexibility index (Phi) is 2.17. The van der Waals surface area contributed by atoms with E-state index in [1.807, 2.05) is 0 Å². The number of halogens is 2. The van der Waals surface area contributed by atoms with Crippen LogP contribution in [0.4, 0.5) is 0 Å². The van der Waals surface area contributed by atoms with E-state index in [2.05, 4.69) is 31.9 Å². The highest BCUT2D eigenvalue weighted by atomic mass is 79.9. The molecule has 2 atom stereocenters. The third-order valence-corrected chi connectivity index (χ3v) is 2.97. The third kappa shape index (κ3) is 1.73. The Morgan fingerprint density at radius 3 is 1.57 bits per heavy atom. The lowest BCUT2D eigenvalue weighted by Crippen LogP contribution is -1.89. The Hall–Kier alpha value is 0.960. The molecular formula is C5H8Br2. The molecule has 1 rings (SSSR count). The number of alkyl halides is 2. The molecule has 42 valence electrons. The van der Waals surface area contributed by atoms with E-state index in [-0.39, 0.29) is 0 Å². The molecule has 0 saturated heterocycles. The van der Waals surface area contributed by atoms with Crippen LogP contribution < -0.4 is 0 Å². The van der Waals surface area contributed by atoms with E-state index in [4.69, 9.17) is 0 Å². The smallest absolute Gasteiger partial charge is 0.0156 e. The van der Waals surface area contributed by atoms with Gasteiger partial charge in [-0.05, 0) is 19.3 Å². The lowest BCUT2D eigenvalue weighted by Gasteiger charge is -1.93. The van der Waals surface area contributed by atoms with Crippen LogP contribution in [-0.2, 0) is 0 Å². The van der Waals surface area contributed by atoms with E-state index in [1.54, 1.807) is 0 Å². The van der Waals surface area contributed by atoms with Gasteiger partial charge in [-0.2, -0.15) is 0 Å². The summed E-state index contributed by atoms with van der Waals surface area (Å²) in [5, 5.41) is 0. The summed E-state index contributed by atoms with van der Waals surface area (Å²) < 4.78 is 0. The van der Waals surface area contributed by atoms with E-state index in [0.29, 0.717) is 0 Å². The van der Waals surface area contributed by atoms with Gasteiger partial charge in [-0.25, -0.2) is 0 Å². The van der Waals surface area contributed by atoms with Gasteiger partial charge >= 0.3 is 0 Å². The first-order valence-electron chi connectivity index (χ1n) is 2.57. The number of hydrogen-bond donors (Lipinski definition) is 0. The summed E-state index contributed by atoms with van der Waals surface area (Å²) in [6.45, 7) is 0. The molecule has 0 spiro atoms. The molecule has 0 heterocycles. The van der Waals surface area contributed by atoms with Crippen molar-refractivity contribution in [2.75, 3.05) is 0 Å². The van der Waals surface area contributed by atoms with E-state index in [0.717, 1.165) is 9.65 Å². The Morgan fingerprint density at radius 1 is 1.00 bits per heavy atom. The normalized spacial score (nSPS) is 42.0. The van der Waals surface area contributed by atoms with Gasteiger partial charge in [0.15, 0.2) is 0 Å². The van der Waals surface area contributed by atoms with Gasteiger partial charge in [-0.1, -0.05) is 31.9 Å². The largest absolute Gasteiger partial charge is 0.0890 e. The van der Waals surface area contributed by atoms with Crippen LogP contribution in [0.2, 0.25) is 0 Å². The van der Waals surface area contributed by atoms with Crippen LogP contribution >= 0.6 is 31.9 Å². The Morgan fingerprint density at radius 2 is 1.43 bits per heavy atom. The maximum absolute atomic E-state index is 3.55. The molecule has 0 unspecified atom stereocenters. The van der Waals surface area contributed by atoms with E-state index >= 15 is 0 Å². The Labute approximate surface area is 60.9 Å². The molecule has 0 amide bonds. The minimum absolute atomic E-state index is 0.789. The first-order valence-corrected chi connectivity index (χ1v) is 4.40. The predicted molar refractivity (Wildman–Crippen MR) is 39.3 cm³/mol. The lowest BCUT2D eigenvalue weighted by atomic mass is 10.4. The fourth-order valence-corrected chi connectivity index (χ4v) is 2.81. The zero-order chi connectivity index (χ0) is 5.28. The van der Waals surface area contributed by atoms with Crippen molar-refractivity contribution < 1.29 is 0 Å². The Bertz CT molecular complexity index is 55.1. The van der Waals surface area contributed by atoms with E-state index in [1.165, 1.54) is 19.3 Å². The summed E-state index contributed by atoms with van der Waals surface area (Å²) in [7, 11) is 0. The summed E-state index contributed by atoms with van der Waals surface area (Å²) >= 11 is 7.10. The molecule has 7 heavy (non-hydrogen) atoms. The van der Waals surface area contributed by atoms with Crippen molar-refractivity contribution >= 4 is 31.9 Å². The molecule has 0 aliphatic heterocycles. The minimum atomic E-state index is 0.789. The van der Waals surface area contributed by atoms with Crippen LogP contribution in [0.3, 0.4) is 0 Å². The molecule has 1 saturated carbocycles. The molecule has 0 radical (unpaired) electrons.